The molecule has 31 heavy (non-hydrogen) atoms. The maximum Gasteiger partial charge on any atom is 0.293 e. The van der Waals surface area contributed by atoms with Gasteiger partial charge in [0.1, 0.15) is 5.75 Å². The van der Waals surface area contributed by atoms with Gasteiger partial charge in [0.25, 0.3) is 11.7 Å². The van der Waals surface area contributed by atoms with Gasteiger partial charge >= 0.3 is 0 Å². The number of hydrogen-bond acceptors (Lipinski definition) is 6. The van der Waals surface area contributed by atoms with Crippen LogP contribution in [0.3, 0.4) is 0 Å². The van der Waals surface area contributed by atoms with Crippen LogP contribution >= 0.6 is 11.6 Å². The summed E-state index contributed by atoms with van der Waals surface area (Å²) in [5.74, 6) is -0.375. The van der Waals surface area contributed by atoms with Gasteiger partial charge in [-0.1, -0.05) is 18.2 Å². The Hall–Kier alpha value is -2.32. The maximum absolute atomic E-state index is 13.5. The van der Waals surface area contributed by atoms with Crippen molar-refractivity contribution in [3.8, 4) is 5.75 Å². The highest BCUT2D eigenvalue weighted by Gasteiger charge is 2.58. The van der Waals surface area contributed by atoms with Crippen molar-refractivity contribution in [3.05, 3.63) is 54.1 Å². The predicted octanol–water partition coefficient (Wildman–Crippen LogP) is 2.63. The summed E-state index contributed by atoms with van der Waals surface area (Å²) in [4.78, 5) is 19.9. The molecule has 3 heterocycles. The number of amides is 1. The van der Waals surface area contributed by atoms with Crippen LogP contribution in [0, 0.1) is 0 Å². The van der Waals surface area contributed by atoms with E-state index in [2.05, 4.69) is 21.9 Å². The molecular formula is C23H26ClN3O4. The minimum atomic E-state index is -1.36. The Morgan fingerprint density at radius 2 is 1.84 bits per heavy atom. The zero-order chi connectivity index (χ0) is 21.4. The number of rotatable bonds is 5. The number of alkyl halides is 1. The van der Waals surface area contributed by atoms with Crippen LogP contribution in [0.5, 0.6) is 5.75 Å². The van der Waals surface area contributed by atoms with Gasteiger partial charge in [0.2, 0.25) is 0 Å². The molecule has 0 unspecified atom stereocenters. The summed E-state index contributed by atoms with van der Waals surface area (Å²) in [6.07, 6.45) is -0.285. The quantitative estimate of drug-likeness (QED) is 0.662. The Kier molecular flexibility index (Phi) is 5.52. The number of fused-ring (bicyclic) bond motifs is 2. The standard InChI is InChI=1S/C23H26ClN3O4/c1-29-18-8-6-17(7-9-18)26-12-10-25(11-13-26)16-27-21-5-3-2-4-20(21)23(22(27)28)30-15-19(14-24)31-23/h2-9,19H,10-16H2,1H3/t19-,23-/m1/s1. The lowest BCUT2D eigenvalue weighted by atomic mass is 10.1. The lowest BCUT2D eigenvalue weighted by molar-refractivity contribution is -0.185. The van der Waals surface area contributed by atoms with Crippen molar-refractivity contribution in [3.63, 3.8) is 0 Å². The van der Waals surface area contributed by atoms with Gasteiger partial charge in [-0.05, 0) is 30.3 Å². The van der Waals surface area contributed by atoms with Gasteiger partial charge < -0.3 is 19.1 Å². The summed E-state index contributed by atoms with van der Waals surface area (Å²) in [6.45, 7) is 4.32. The average Bonchev–Trinajstić information content (AvgIpc) is 3.36. The number of piperazine rings is 1. The second-order valence-electron chi connectivity index (χ2n) is 8.02. The van der Waals surface area contributed by atoms with Crippen molar-refractivity contribution >= 4 is 28.9 Å². The number of anilines is 2. The topological polar surface area (TPSA) is 54.5 Å². The number of benzene rings is 2. The fourth-order valence-electron chi connectivity index (χ4n) is 4.51. The van der Waals surface area contributed by atoms with Gasteiger partial charge in [-0.25, -0.2) is 0 Å². The average molecular weight is 444 g/mol. The van der Waals surface area contributed by atoms with E-state index >= 15 is 0 Å². The van der Waals surface area contributed by atoms with Crippen LogP contribution < -0.4 is 14.5 Å². The van der Waals surface area contributed by atoms with Crippen LogP contribution in [0.2, 0.25) is 0 Å². The van der Waals surface area contributed by atoms with E-state index in [1.807, 2.05) is 36.4 Å². The summed E-state index contributed by atoms with van der Waals surface area (Å²) in [6, 6.07) is 15.8. The lowest BCUT2D eigenvalue weighted by Crippen LogP contribution is -2.52. The molecule has 5 rings (SSSR count). The molecule has 0 saturated carbocycles. The number of nitrogens with zero attached hydrogens (tertiary/aromatic N) is 3. The van der Waals surface area contributed by atoms with Crippen molar-refractivity contribution in [2.24, 2.45) is 0 Å². The first-order valence-electron chi connectivity index (χ1n) is 10.5. The molecule has 2 saturated heterocycles. The van der Waals surface area contributed by atoms with Crippen molar-refractivity contribution in [2.45, 2.75) is 11.9 Å². The highest BCUT2D eigenvalue weighted by molar-refractivity contribution is 6.18. The summed E-state index contributed by atoms with van der Waals surface area (Å²) in [7, 11) is 1.67. The molecule has 2 fully saturated rings. The van der Waals surface area contributed by atoms with Crippen molar-refractivity contribution in [1.82, 2.24) is 4.90 Å². The molecule has 8 heteroatoms. The zero-order valence-corrected chi connectivity index (χ0v) is 18.3. The number of carbonyl (C=O) groups is 1. The smallest absolute Gasteiger partial charge is 0.293 e. The van der Waals surface area contributed by atoms with Crippen LogP contribution in [-0.2, 0) is 20.1 Å². The summed E-state index contributed by atoms with van der Waals surface area (Å²) in [5, 5.41) is 0. The number of carbonyl (C=O) groups excluding carboxylic acids is 1. The Balaban J connectivity index is 1.28. The molecule has 164 valence electrons. The molecule has 1 spiro atoms. The number of methoxy groups -OCH3 is 1. The summed E-state index contributed by atoms with van der Waals surface area (Å²) < 4.78 is 17.2. The molecule has 0 radical (unpaired) electrons. The Morgan fingerprint density at radius 3 is 2.52 bits per heavy atom. The third kappa shape index (κ3) is 3.55. The normalized spacial score (nSPS) is 26.0. The highest BCUT2D eigenvalue weighted by atomic mass is 35.5. The lowest BCUT2D eigenvalue weighted by Gasteiger charge is -2.38. The van der Waals surface area contributed by atoms with E-state index in [9.17, 15) is 4.79 Å². The third-order valence-electron chi connectivity index (χ3n) is 6.20. The maximum atomic E-state index is 13.5. The van der Waals surface area contributed by atoms with Crippen LogP contribution in [0.1, 0.15) is 5.56 Å². The van der Waals surface area contributed by atoms with E-state index < -0.39 is 5.79 Å². The van der Waals surface area contributed by atoms with E-state index in [4.69, 9.17) is 25.8 Å². The molecule has 7 nitrogen and oxygen atoms in total. The molecular weight excluding hydrogens is 418 g/mol. The van der Waals surface area contributed by atoms with Gasteiger partial charge in [0.15, 0.2) is 0 Å². The molecule has 0 bridgehead atoms. The largest absolute Gasteiger partial charge is 0.497 e. The Bertz CT molecular complexity index is 948. The Morgan fingerprint density at radius 1 is 1.10 bits per heavy atom. The van der Waals surface area contributed by atoms with Gasteiger partial charge in [-0.3, -0.25) is 14.6 Å². The van der Waals surface area contributed by atoms with E-state index in [1.54, 1.807) is 12.0 Å². The van der Waals surface area contributed by atoms with E-state index in [0.717, 1.165) is 43.2 Å². The number of ether oxygens (including phenoxy) is 3. The zero-order valence-electron chi connectivity index (χ0n) is 17.5. The van der Waals surface area contributed by atoms with Crippen LogP contribution in [0.15, 0.2) is 48.5 Å². The van der Waals surface area contributed by atoms with Crippen LogP contribution in [0.25, 0.3) is 0 Å². The molecule has 0 N–H and O–H groups in total. The molecule has 0 aromatic heterocycles. The summed E-state index contributed by atoms with van der Waals surface area (Å²) >= 11 is 5.97. The predicted molar refractivity (Wildman–Crippen MR) is 119 cm³/mol. The first-order valence-corrected chi connectivity index (χ1v) is 11.1. The summed E-state index contributed by atoms with van der Waals surface area (Å²) in [5.41, 5.74) is 2.80. The number of hydrogen-bond donors (Lipinski definition) is 0. The molecule has 0 aliphatic carbocycles. The number of para-hydroxylation sites is 1. The Labute approximate surface area is 187 Å². The molecule has 2 aromatic carbocycles. The first kappa shape index (κ1) is 20.6. The molecule has 2 aromatic rings. The second-order valence-corrected chi connectivity index (χ2v) is 8.33. The first-order chi connectivity index (χ1) is 15.1. The molecule has 1 amide bonds. The fourth-order valence-corrected chi connectivity index (χ4v) is 4.67. The minimum Gasteiger partial charge on any atom is -0.497 e. The van der Waals surface area contributed by atoms with Gasteiger partial charge in [0, 0.05) is 37.4 Å². The fraction of sp³-hybridized carbons (Fsp3) is 0.435. The SMILES string of the molecule is COc1ccc(N2CCN(CN3C(=O)[C@@]4(OC[C@@H](CCl)O4)c4ccccc43)CC2)cc1. The van der Waals surface area contributed by atoms with Crippen LogP contribution in [-0.4, -0.2) is 69.4 Å². The van der Waals surface area contributed by atoms with E-state index in [0.29, 0.717) is 19.2 Å². The van der Waals surface area contributed by atoms with E-state index in [-0.39, 0.29) is 12.0 Å². The van der Waals surface area contributed by atoms with Gasteiger partial charge in [0.05, 0.1) is 38.1 Å². The minimum absolute atomic E-state index is 0.168. The van der Waals surface area contributed by atoms with Crippen molar-refractivity contribution in [2.75, 3.05) is 62.2 Å². The monoisotopic (exact) mass is 443 g/mol. The third-order valence-corrected chi connectivity index (χ3v) is 6.55. The number of halogens is 1. The van der Waals surface area contributed by atoms with E-state index in [1.165, 1.54) is 5.69 Å². The van der Waals surface area contributed by atoms with Gasteiger partial charge in [-0.15, -0.1) is 11.6 Å². The molecule has 3 aliphatic heterocycles. The molecule has 2 atom stereocenters. The second kappa shape index (κ2) is 8.31. The van der Waals surface area contributed by atoms with Crippen molar-refractivity contribution in [1.29, 1.82) is 0 Å². The van der Waals surface area contributed by atoms with Crippen molar-refractivity contribution < 1.29 is 19.0 Å². The highest BCUT2D eigenvalue weighted by Crippen LogP contribution is 2.47. The molecule has 3 aliphatic rings. The van der Waals surface area contributed by atoms with Gasteiger partial charge in [-0.2, -0.15) is 0 Å². The van der Waals surface area contributed by atoms with Crippen LogP contribution in [0.4, 0.5) is 11.4 Å².